The summed E-state index contributed by atoms with van der Waals surface area (Å²) in [7, 11) is 0. The first kappa shape index (κ1) is 14.6. The second kappa shape index (κ2) is 5.67. The maximum absolute atomic E-state index is 5.92. The van der Waals surface area contributed by atoms with Crippen molar-refractivity contribution in [3.63, 3.8) is 0 Å². The van der Waals surface area contributed by atoms with E-state index < -0.39 is 0 Å². The Bertz CT molecular complexity index is 544. The number of benzene rings is 1. The van der Waals surface area contributed by atoms with Gasteiger partial charge in [0, 0.05) is 3.57 Å². The average molecular weight is 369 g/mol. The highest BCUT2D eigenvalue weighted by molar-refractivity contribution is 14.1. The molecule has 2 rings (SSSR count). The predicted octanol–water partition coefficient (Wildman–Crippen LogP) is 4.30. The summed E-state index contributed by atoms with van der Waals surface area (Å²) < 4.78 is 7.16. The van der Waals surface area contributed by atoms with Crippen LogP contribution in [0.2, 0.25) is 0 Å². The van der Waals surface area contributed by atoms with Gasteiger partial charge in [-0.05, 0) is 65.3 Å². The fourth-order valence-electron chi connectivity index (χ4n) is 2.32. The largest absolute Gasteiger partial charge is 0.464 e. The van der Waals surface area contributed by atoms with Gasteiger partial charge in [-0.25, -0.2) is 0 Å². The van der Waals surface area contributed by atoms with Crippen LogP contribution in [-0.4, -0.2) is 0 Å². The summed E-state index contributed by atoms with van der Waals surface area (Å²) >= 11 is 2.33. The number of hydrogen-bond donors (Lipinski definition) is 1. The minimum absolute atomic E-state index is 0.127. The van der Waals surface area contributed by atoms with Crippen molar-refractivity contribution in [2.24, 2.45) is 11.7 Å². The molecule has 3 heteroatoms. The molecule has 102 valence electrons. The molecule has 0 aliphatic rings. The highest BCUT2D eigenvalue weighted by Crippen LogP contribution is 2.39. The topological polar surface area (TPSA) is 39.2 Å². The van der Waals surface area contributed by atoms with Gasteiger partial charge in [-0.1, -0.05) is 26.0 Å². The molecule has 0 spiro atoms. The molecule has 0 saturated heterocycles. The van der Waals surface area contributed by atoms with Crippen LogP contribution in [0.4, 0.5) is 0 Å². The SMILES string of the molecule is CC(C)[C@@](C)(c1ccc(I)cc1)c1ccc(CN)o1. The molecule has 0 fully saturated rings. The lowest BCUT2D eigenvalue weighted by Crippen LogP contribution is -2.29. The van der Waals surface area contributed by atoms with Crippen LogP contribution in [-0.2, 0) is 12.0 Å². The van der Waals surface area contributed by atoms with E-state index in [-0.39, 0.29) is 5.41 Å². The van der Waals surface area contributed by atoms with Crippen LogP contribution in [0.1, 0.15) is 37.9 Å². The van der Waals surface area contributed by atoms with Crippen LogP contribution < -0.4 is 5.73 Å². The van der Waals surface area contributed by atoms with Crippen LogP contribution in [0, 0.1) is 9.49 Å². The summed E-state index contributed by atoms with van der Waals surface area (Å²) in [6.07, 6.45) is 0. The van der Waals surface area contributed by atoms with Gasteiger partial charge in [0.15, 0.2) is 0 Å². The molecule has 1 atom stereocenters. The van der Waals surface area contributed by atoms with Gasteiger partial charge in [0.2, 0.25) is 0 Å². The van der Waals surface area contributed by atoms with E-state index in [0.717, 1.165) is 11.5 Å². The van der Waals surface area contributed by atoms with Gasteiger partial charge in [0.1, 0.15) is 11.5 Å². The lowest BCUT2D eigenvalue weighted by molar-refractivity contribution is 0.315. The maximum Gasteiger partial charge on any atom is 0.117 e. The molecule has 0 amide bonds. The number of nitrogens with two attached hydrogens (primary N) is 1. The highest BCUT2D eigenvalue weighted by atomic mass is 127. The standard InChI is InChI=1S/C16H20INO/c1-11(2)16(3,12-4-6-13(17)7-5-12)15-9-8-14(10-18)19-15/h4-9,11H,10,18H2,1-3H3/t16-/m0/s1. The van der Waals surface area contributed by atoms with Crippen molar-refractivity contribution in [2.45, 2.75) is 32.7 Å². The smallest absolute Gasteiger partial charge is 0.117 e. The molecule has 0 aliphatic carbocycles. The molecule has 2 N–H and O–H groups in total. The first-order valence-electron chi connectivity index (χ1n) is 6.53. The average Bonchev–Trinajstić information content (AvgIpc) is 2.87. The Balaban J connectivity index is 2.51. The van der Waals surface area contributed by atoms with Gasteiger partial charge in [-0.2, -0.15) is 0 Å². The zero-order valence-corrected chi connectivity index (χ0v) is 13.8. The van der Waals surface area contributed by atoms with Gasteiger partial charge in [0.25, 0.3) is 0 Å². The lowest BCUT2D eigenvalue weighted by atomic mass is 9.71. The van der Waals surface area contributed by atoms with Crippen molar-refractivity contribution in [1.82, 2.24) is 0 Å². The van der Waals surface area contributed by atoms with E-state index in [9.17, 15) is 0 Å². The molecule has 2 nitrogen and oxygen atoms in total. The minimum atomic E-state index is -0.127. The molecule has 1 heterocycles. The van der Waals surface area contributed by atoms with E-state index in [1.54, 1.807) is 0 Å². The van der Waals surface area contributed by atoms with E-state index in [2.05, 4.69) is 73.7 Å². The molecular formula is C16H20INO. The van der Waals surface area contributed by atoms with Crippen molar-refractivity contribution < 1.29 is 4.42 Å². The van der Waals surface area contributed by atoms with E-state index in [1.807, 2.05) is 6.07 Å². The molecule has 0 aliphatic heterocycles. The number of hydrogen-bond acceptors (Lipinski definition) is 2. The Morgan fingerprint density at radius 2 is 1.79 bits per heavy atom. The Kier molecular flexibility index (Phi) is 4.36. The Hall–Kier alpha value is -0.810. The third kappa shape index (κ3) is 2.72. The van der Waals surface area contributed by atoms with E-state index >= 15 is 0 Å². The van der Waals surface area contributed by atoms with Gasteiger partial charge < -0.3 is 10.2 Å². The number of halogens is 1. The van der Waals surface area contributed by atoms with E-state index in [4.69, 9.17) is 10.2 Å². The van der Waals surface area contributed by atoms with Crippen LogP contribution in [0.15, 0.2) is 40.8 Å². The molecule has 0 radical (unpaired) electrons. The highest BCUT2D eigenvalue weighted by Gasteiger charge is 2.35. The summed E-state index contributed by atoms with van der Waals surface area (Å²) in [6.45, 7) is 7.13. The van der Waals surface area contributed by atoms with Crippen molar-refractivity contribution in [3.8, 4) is 0 Å². The summed E-state index contributed by atoms with van der Waals surface area (Å²) in [6, 6.07) is 12.7. The Morgan fingerprint density at radius 1 is 1.16 bits per heavy atom. The molecule has 0 bridgehead atoms. The fourth-order valence-corrected chi connectivity index (χ4v) is 2.68. The van der Waals surface area contributed by atoms with Crippen molar-refractivity contribution in [3.05, 3.63) is 57.1 Å². The van der Waals surface area contributed by atoms with Gasteiger partial charge in [-0.15, -0.1) is 0 Å². The Morgan fingerprint density at radius 3 is 2.26 bits per heavy atom. The molecular weight excluding hydrogens is 349 g/mol. The molecule has 1 aromatic heterocycles. The second-order valence-corrected chi connectivity index (χ2v) is 6.58. The monoisotopic (exact) mass is 369 g/mol. The van der Waals surface area contributed by atoms with Crippen molar-refractivity contribution in [2.75, 3.05) is 0 Å². The zero-order valence-electron chi connectivity index (χ0n) is 11.6. The summed E-state index contributed by atoms with van der Waals surface area (Å²) in [5.41, 5.74) is 6.80. The quantitative estimate of drug-likeness (QED) is 0.816. The fraction of sp³-hybridized carbons (Fsp3) is 0.375. The maximum atomic E-state index is 5.92. The van der Waals surface area contributed by atoms with Crippen LogP contribution in [0.25, 0.3) is 0 Å². The van der Waals surface area contributed by atoms with Gasteiger partial charge in [-0.3, -0.25) is 0 Å². The van der Waals surface area contributed by atoms with Crippen LogP contribution >= 0.6 is 22.6 Å². The number of furan rings is 1. The second-order valence-electron chi connectivity index (χ2n) is 5.33. The molecule has 2 aromatic rings. The summed E-state index contributed by atoms with van der Waals surface area (Å²) in [5.74, 6) is 2.26. The minimum Gasteiger partial charge on any atom is -0.464 e. The molecule has 19 heavy (non-hydrogen) atoms. The molecule has 0 saturated carbocycles. The normalized spacial score (nSPS) is 14.6. The van der Waals surface area contributed by atoms with Crippen molar-refractivity contribution in [1.29, 1.82) is 0 Å². The number of rotatable bonds is 4. The predicted molar refractivity (Wildman–Crippen MR) is 87.1 cm³/mol. The van der Waals surface area contributed by atoms with Gasteiger partial charge >= 0.3 is 0 Å². The lowest BCUT2D eigenvalue weighted by Gasteiger charge is -2.32. The van der Waals surface area contributed by atoms with E-state index in [0.29, 0.717) is 12.5 Å². The zero-order chi connectivity index (χ0) is 14.0. The Labute approximate surface area is 128 Å². The molecule has 0 unspecified atom stereocenters. The third-order valence-electron chi connectivity index (χ3n) is 3.97. The van der Waals surface area contributed by atoms with Crippen molar-refractivity contribution >= 4 is 22.6 Å². The van der Waals surface area contributed by atoms with Gasteiger partial charge in [0.05, 0.1) is 12.0 Å². The van der Waals surface area contributed by atoms with Crippen LogP contribution in [0.5, 0.6) is 0 Å². The summed E-state index contributed by atoms with van der Waals surface area (Å²) in [4.78, 5) is 0. The third-order valence-corrected chi connectivity index (χ3v) is 4.69. The first-order chi connectivity index (χ1) is 8.98. The molecule has 1 aromatic carbocycles. The summed E-state index contributed by atoms with van der Waals surface area (Å²) in [5, 5.41) is 0. The van der Waals surface area contributed by atoms with Crippen LogP contribution in [0.3, 0.4) is 0 Å². The first-order valence-corrected chi connectivity index (χ1v) is 7.61. The van der Waals surface area contributed by atoms with E-state index in [1.165, 1.54) is 9.13 Å².